The van der Waals surface area contributed by atoms with E-state index >= 15 is 0 Å². The second kappa shape index (κ2) is 14.4. The molecule has 0 saturated carbocycles. The Labute approximate surface area is 255 Å². The quantitative estimate of drug-likeness (QED) is 0.100. The third-order valence-corrected chi connectivity index (χ3v) is 8.82. The summed E-state index contributed by atoms with van der Waals surface area (Å²) in [6, 6.07) is 24.6. The van der Waals surface area contributed by atoms with Gasteiger partial charge in [-0.1, -0.05) is 74.2 Å². The third-order valence-electron chi connectivity index (χ3n) is 7.11. The van der Waals surface area contributed by atoms with Crippen molar-refractivity contribution in [3.8, 4) is 11.1 Å². The molecule has 1 unspecified atom stereocenters. The number of rotatable bonds is 13. The number of ether oxygens (including phenoxy) is 1. The molecule has 0 aliphatic rings. The fourth-order valence-electron chi connectivity index (χ4n) is 4.51. The summed E-state index contributed by atoms with van der Waals surface area (Å²) < 4.78 is 7.75. The second-order valence-corrected chi connectivity index (χ2v) is 17.9. The summed E-state index contributed by atoms with van der Waals surface area (Å²) >= 11 is 0. The molecule has 3 aromatic carbocycles. The van der Waals surface area contributed by atoms with Gasteiger partial charge in [0.05, 0.1) is 11.4 Å². The second-order valence-electron chi connectivity index (χ2n) is 12.3. The van der Waals surface area contributed by atoms with Crippen molar-refractivity contribution in [3.05, 3.63) is 90.5 Å². The summed E-state index contributed by atoms with van der Waals surface area (Å²) in [6.07, 6.45) is 3.37. The van der Waals surface area contributed by atoms with E-state index in [9.17, 15) is 9.59 Å². The molecule has 0 radical (unpaired) electrons. The van der Waals surface area contributed by atoms with Gasteiger partial charge in [0.1, 0.15) is 6.73 Å². The zero-order valence-corrected chi connectivity index (χ0v) is 27.1. The predicted molar refractivity (Wildman–Crippen MR) is 179 cm³/mol. The van der Waals surface area contributed by atoms with Crippen LogP contribution in [0.25, 0.3) is 22.0 Å². The maximum absolute atomic E-state index is 13.4. The van der Waals surface area contributed by atoms with Crippen LogP contribution in [0.5, 0.6) is 0 Å². The first-order chi connectivity index (χ1) is 20.5. The van der Waals surface area contributed by atoms with E-state index in [1.54, 1.807) is 6.08 Å². The van der Waals surface area contributed by atoms with Gasteiger partial charge < -0.3 is 20.3 Å². The zero-order valence-electron chi connectivity index (χ0n) is 26.1. The maximum Gasteiger partial charge on any atom is 0.248 e. The predicted octanol–water partition coefficient (Wildman–Crippen LogP) is 6.81. The molecule has 0 aliphatic heterocycles. The number of hydrogen-bond acceptors (Lipinski definition) is 5. The van der Waals surface area contributed by atoms with Crippen LogP contribution in [-0.4, -0.2) is 61.8 Å². The van der Waals surface area contributed by atoms with Crippen molar-refractivity contribution in [1.29, 1.82) is 0 Å². The highest BCUT2D eigenvalue weighted by atomic mass is 28.3. The molecule has 1 heterocycles. The number of fused-ring (bicyclic) bond motifs is 1. The summed E-state index contributed by atoms with van der Waals surface area (Å²) in [7, 11) is 2.72. The van der Waals surface area contributed by atoms with E-state index in [4.69, 9.17) is 9.84 Å². The monoisotopic (exact) mass is 597 g/mol. The Hall–Kier alpha value is -4.05. The Kier molecular flexibility index (Phi) is 10.7. The number of likely N-dealkylation sites (N-methyl/N-ethyl adjacent to an activating group) is 1. The van der Waals surface area contributed by atoms with Crippen LogP contribution in [0, 0.1) is 0 Å². The molecule has 43 heavy (non-hydrogen) atoms. The highest BCUT2D eigenvalue weighted by Gasteiger charge is 2.20. The molecule has 0 aliphatic carbocycles. The smallest absolute Gasteiger partial charge is 0.248 e. The van der Waals surface area contributed by atoms with Gasteiger partial charge in [-0.05, 0) is 68.0 Å². The zero-order chi connectivity index (χ0) is 31.0. The molecule has 2 N–H and O–H groups in total. The first-order valence-corrected chi connectivity index (χ1v) is 18.4. The number of aromatic nitrogens is 2. The van der Waals surface area contributed by atoms with Crippen LogP contribution in [0.3, 0.4) is 0 Å². The summed E-state index contributed by atoms with van der Waals surface area (Å²) in [5.74, 6) is -0.160. The number of carbonyl (C=O) groups excluding carboxylic acids is 2. The molecule has 0 spiro atoms. The number of amides is 2. The SMILES string of the molecule is CC(C(=O)Nc1nn(COCC[Si](C)(C)C)c2ccccc12)c1cccc(-c2ccc(NC(=O)/C=C/CN(C)C)cc2)c1. The molecule has 0 bridgehead atoms. The van der Waals surface area contributed by atoms with Crippen molar-refractivity contribution < 1.29 is 14.3 Å². The van der Waals surface area contributed by atoms with Gasteiger partial charge in [-0.25, -0.2) is 4.68 Å². The van der Waals surface area contributed by atoms with Crippen LogP contribution < -0.4 is 10.6 Å². The van der Waals surface area contributed by atoms with E-state index < -0.39 is 14.0 Å². The van der Waals surface area contributed by atoms with Gasteiger partial charge in [-0.3, -0.25) is 9.59 Å². The first kappa shape index (κ1) is 31.9. The molecule has 8 nitrogen and oxygen atoms in total. The first-order valence-electron chi connectivity index (χ1n) is 14.7. The fraction of sp³-hybridized carbons (Fsp3) is 0.324. The van der Waals surface area contributed by atoms with Crippen LogP contribution in [-0.2, 0) is 21.1 Å². The number of nitrogens with zero attached hydrogens (tertiary/aromatic N) is 3. The van der Waals surface area contributed by atoms with Crippen molar-refractivity contribution in [3.63, 3.8) is 0 Å². The van der Waals surface area contributed by atoms with E-state index in [2.05, 4.69) is 30.3 Å². The lowest BCUT2D eigenvalue weighted by atomic mass is 9.95. The van der Waals surface area contributed by atoms with Crippen molar-refractivity contribution in [2.24, 2.45) is 0 Å². The Morgan fingerprint density at radius 1 is 0.977 bits per heavy atom. The van der Waals surface area contributed by atoms with E-state index in [-0.39, 0.29) is 11.8 Å². The van der Waals surface area contributed by atoms with Gasteiger partial charge in [0.15, 0.2) is 5.82 Å². The van der Waals surface area contributed by atoms with Crippen LogP contribution in [0.4, 0.5) is 11.5 Å². The number of para-hydroxylation sites is 1. The number of hydrogen-bond donors (Lipinski definition) is 2. The van der Waals surface area contributed by atoms with E-state index in [0.29, 0.717) is 25.7 Å². The number of anilines is 2. The Morgan fingerprint density at radius 3 is 2.44 bits per heavy atom. The van der Waals surface area contributed by atoms with Crippen LogP contribution in [0.15, 0.2) is 84.9 Å². The van der Waals surface area contributed by atoms with Crippen molar-refractivity contribution in [2.75, 3.05) is 37.9 Å². The largest absolute Gasteiger partial charge is 0.360 e. The van der Waals surface area contributed by atoms with Gasteiger partial charge in [0.25, 0.3) is 0 Å². The molecule has 1 aromatic heterocycles. The van der Waals surface area contributed by atoms with E-state index in [1.165, 1.54) is 0 Å². The lowest BCUT2D eigenvalue weighted by molar-refractivity contribution is -0.117. The average Bonchev–Trinajstić information content (AvgIpc) is 3.31. The topological polar surface area (TPSA) is 88.5 Å². The number of benzene rings is 3. The lowest BCUT2D eigenvalue weighted by Crippen LogP contribution is -2.22. The van der Waals surface area contributed by atoms with Gasteiger partial charge >= 0.3 is 0 Å². The molecule has 0 saturated heterocycles. The minimum Gasteiger partial charge on any atom is -0.360 e. The normalized spacial score (nSPS) is 12.6. The molecule has 4 rings (SSSR count). The highest BCUT2D eigenvalue weighted by Crippen LogP contribution is 2.28. The van der Waals surface area contributed by atoms with Crippen LogP contribution in [0.2, 0.25) is 25.7 Å². The maximum atomic E-state index is 13.4. The molecule has 4 aromatic rings. The van der Waals surface area contributed by atoms with Crippen LogP contribution >= 0.6 is 0 Å². The van der Waals surface area contributed by atoms with Gasteiger partial charge in [0.2, 0.25) is 11.8 Å². The average molecular weight is 598 g/mol. The minimum atomic E-state index is -1.18. The summed E-state index contributed by atoms with van der Waals surface area (Å²) in [5, 5.41) is 11.5. The molecule has 0 fully saturated rings. The molecular formula is C34H43N5O3Si. The minimum absolute atomic E-state index is 0.132. The van der Waals surface area contributed by atoms with Crippen molar-refractivity contribution in [1.82, 2.24) is 14.7 Å². The molecule has 9 heteroatoms. The van der Waals surface area contributed by atoms with E-state index in [1.807, 2.05) is 109 Å². The summed E-state index contributed by atoms with van der Waals surface area (Å²) in [4.78, 5) is 27.6. The summed E-state index contributed by atoms with van der Waals surface area (Å²) in [6.45, 7) is 10.6. The Balaban J connectivity index is 1.42. The van der Waals surface area contributed by atoms with Crippen LogP contribution in [0.1, 0.15) is 18.4 Å². The fourth-order valence-corrected chi connectivity index (χ4v) is 5.27. The molecule has 226 valence electrons. The Bertz CT molecular complexity index is 1570. The van der Waals surface area contributed by atoms with E-state index in [0.717, 1.165) is 39.3 Å². The highest BCUT2D eigenvalue weighted by molar-refractivity contribution is 6.76. The third kappa shape index (κ3) is 9.21. The van der Waals surface area contributed by atoms with Gasteiger partial charge in [-0.15, -0.1) is 0 Å². The molecule has 2 amide bonds. The number of carbonyl (C=O) groups is 2. The van der Waals surface area contributed by atoms with Gasteiger partial charge in [-0.2, -0.15) is 5.10 Å². The molecular weight excluding hydrogens is 554 g/mol. The lowest BCUT2D eigenvalue weighted by Gasteiger charge is -2.15. The standard InChI is InChI=1S/C34H43N5O3Si/c1-25(34(41)36-33-30-13-7-8-14-31(30)39(37-33)24-42-21-22-43(4,5)6)27-11-9-12-28(23-27)26-16-18-29(19-17-26)35-32(40)15-10-20-38(2)3/h7-19,23,25H,20-22,24H2,1-6H3,(H,35,40)(H,36,37,41)/b15-10+. The number of nitrogens with one attached hydrogen (secondary N) is 2. The van der Waals surface area contributed by atoms with Crippen molar-refractivity contribution in [2.45, 2.75) is 45.3 Å². The van der Waals surface area contributed by atoms with Gasteiger partial charge in [0, 0.05) is 38.4 Å². The Morgan fingerprint density at radius 2 is 1.72 bits per heavy atom. The molecule has 1 atom stereocenters. The van der Waals surface area contributed by atoms with Crippen molar-refractivity contribution >= 4 is 42.3 Å². The summed E-state index contributed by atoms with van der Waals surface area (Å²) in [5.41, 5.74) is 4.53.